The van der Waals surface area contributed by atoms with Crippen LogP contribution in [-0.2, 0) is 29.1 Å². The van der Waals surface area contributed by atoms with Gasteiger partial charge in [0.15, 0.2) is 6.10 Å². The first-order valence-electron chi connectivity index (χ1n) is 10.9. The molecule has 0 amide bonds. The van der Waals surface area contributed by atoms with Crippen LogP contribution in [0.3, 0.4) is 0 Å². The van der Waals surface area contributed by atoms with E-state index in [-0.39, 0.29) is 48.2 Å². The Labute approximate surface area is 187 Å². The van der Waals surface area contributed by atoms with Gasteiger partial charge in [0, 0.05) is 34.5 Å². The minimum absolute atomic E-state index is 0.179. The highest BCUT2D eigenvalue weighted by Gasteiger charge is 2.38. The number of halogens is 1. The van der Waals surface area contributed by atoms with E-state index in [0.717, 1.165) is 22.1 Å². The lowest BCUT2D eigenvalue weighted by molar-refractivity contribution is -0.157. The number of fused-ring (bicyclic) bond motifs is 5. The molecule has 2 aliphatic heterocycles. The molecule has 3 unspecified atom stereocenters. The van der Waals surface area contributed by atoms with Crippen molar-refractivity contribution < 1.29 is 24.1 Å². The summed E-state index contributed by atoms with van der Waals surface area (Å²) in [6, 6.07) is 2.49. The highest BCUT2D eigenvalue weighted by Crippen LogP contribution is 2.46. The molecule has 1 aromatic carbocycles. The summed E-state index contributed by atoms with van der Waals surface area (Å²) in [5, 5.41) is 21.0. The maximum absolute atomic E-state index is 14.8. The Balaban J connectivity index is 1.69. The number of nitrogens with two attached hydrogens (primary N) is 1. The van der Waals surface area contributed by atoms with Crippen molar-refractivity contribution in [2.45, 2.75) is 51.0 Å². The number of hydrogen-bond acceptors (Lipinski definition) is 7. The van der Waals surface area contributed by atoms with Gasteiger partial charge in [-0.05, 0) is 42.5 Å². The van der Waals surface area contributed by atoms with Gasteiger partial charge in [-0.25, -0.2) is 14.2 Å². The third-order valence-electron chi connectivity index (χ3n) is 7.42. The second-order valence-corrected chi connectivity index (χ2v) is 9.07. The van der Waals surface area contributed by atoms with Crippen molar-refractivity contribution in [1.82, 2.24) is 9.55 Å². The molecule has 0 saturated heterocycles. The minimum atomic E-state index is -1.54. The number of aromatic nitrogens is 2. The highest BCUT2D eigenvalue weighted by molar-refractivity contribution is 5.93. The third kappa shape index (κ3) is 2.64. The summed E-state index contributed by atoms with van der Waals surface area (Å²) in [4.78, 5) is 29.9. The van der Waals surface area contributed by atoms with Gasteiger partial charge in [0.25, 0.3) is 5.56 Å². The Morgan fingerprint density at radius 1 is 1.30 bits per heavy atom. The monoisotopic (exact) mass is 451 g/mol. The standard InChI is InChI=1S/C24H22FN3O5/c1-9-10-2-3-11(16(26)7-29)19-13-6-28-18(21(13)27-17(20(10)19)5-15(9)25)4-12-14(23(28)31)8-33-24(32)22(12)30/h4-5,11,16,22,29-30H,2-3,6-8,26H2,1H3. The number of rotatable bonds is 2. The number of pyridine rings is 2. The molecule has 2 aromatic heterocycles. The number of cyclic esters (lactones) is 1. The van der Waals surface area contributed by atoms with Gasteiger partial charge in [0.2, 0.25) is 0 Å². The summed E-state index contributed by atoms with van der Waals surface area (Å²) in [7, 11) is 0. The van der Waals surface area contributed by atoms with Crippen molar-refractivity contribution in [2.75, 3.05) is 6.61 Å². The summed E-state index contributed by atoms with van der Waals surface area (Å²) < 4.78 is 21.3. The largest absolute Gasteiger partial charge is 0.458 e. The van der Waals surface area contributed by atoms with Crippen LogP contribution < -0.4 is 11.3 Å². The molecule has 0 fully saturated rings. The first-order chi connectivity index (χ1) is 15.8. The number of aryl methyl sites for hydroxylation is 1. The van der Waals surface area contributed by atoms with E-state index in [1.54, 1.807) is 17.6 Å². The van der Waals surface area contributed by atoms with E-state index in [9.17, 15) is 24.2 Å². The van der Waals surface area contributed by atoms with E-state index in [1.165, 1.54) is 6.07 Å². The Hall–Kier alpha value is -3.14. The molecule has 6 rings (SSSR count). The Kier molecular flexibility index (Phi) is 4.30. The molecule has 9 heteroatoms. The number of carbonyl (C=O) groups excluding carboxylic acids is 1. The summed E-state index contributed by atoms with van der Waals surface area (Å²) in [6.07, 6.45) is -0.274. The van der Waals surface area contributed by atoms with Crippen molar-refractivity contribution in [2.24, 2.45) is 5.73 Å². The first-order valence-corrected chi connectivity index (χ1v) is 10.9. The lowest BCUT2D eigenvalue weighted by Crippen LogP contribution is -2.35. The zero-order valence-electron chi connectivity index (χ0n) is 17.9. The highest BCUT2D eigenvalue weighted by atomic mass is 19.1. The van der Waals surface area contributed by atoms with Crippen LogP contribution >= 0.6 is 0 Å². The van der Waals surface area contributed by atoms with E-state index in [0.29, 0.717) is 35.3 Å². The first kappa shape index (κ1) is 20.5. The van der Waals surface area contributed by atoms with Gasteiger partial charge in [0.05, 0.1) is 35.6 Å². The number of nitrogens with zero attached hydrogens (tertiary/aromatic N) is 2. The molecule has 3 aliphatic rings. The van der Waals surface area contributed by atoms with Crippen molar-refractivity contribution in [3.8, 4) is 11.4 Å². The molecule has 170 valence electrons. The number of benzene rings is 1. The van der Waals surface area contributed by atoms with E-state index in [2.05, 4.69) is 0 Å². The normalized spacial score (nSPS) is 21.4. The van der Waals surface area contributed by atoms with E-state index in [4.69, 9.17) is 15.5 Å². The summed E-state index contributed by atoms with van der Waals surface area (Å²) in [5.74, 6) is -1.33. The summed E-state index contributed by atoms with van der Waals surface area (Å²) in [5.41, 5.74) is 11.0. The fourth-order valence-electron chi connectivity index (χ4n) is 5.69. The van der Waals surface area contributed by atoms with Crippen molar-refractivity contribution in [1.29, 1.82) is 0 Å². The molecule has 33 heavy (non-hydrogen) atoms. The maximum Gasteiger partial charge on any atom is 0.340 e. The zero-order valence-corrected chi connectivity index (χ0v) is 17.9. The summed E-state index contributed by atoms with van der Waals surface area (Å²) in [6.45, 7) is 1.59. The molecule has 4 heterocycles. The topological polar surface area (TPSA) is 128 Å². The van der Waals surface area contributed by atoms with Gasteiger partial charge in [-0.1, -0.05) is 0 Å². The molecular weight excluding hydrogens is 429 g/mol. The van der Waals surface area contributed by atoms with Gasteiger partial charge < -0.3 is 25.3 Å². The van der Waals surface area contributed by atoms with E-state index >= 15 is 0 Å². The van der Waals surface area contributed by atoms with Gasteiger partial charge in [-0.3, -0.25) is 4.79 Å². The zero-order chi connectivity index (χ0) is 23.2. The van der Waals surface area contributed by atoms with Crippen LogP contribution in [0, 0.1) is 12.7 Å². The van der Waals surface area contributed by atoms with Crippen molar-refractivity contribution in [3.05, 3.63) is 61.7 Å². The molecule has 4 N–H and O–H groups in total. The number of aliphatic hydroxyl groups is 2. The van der Waals surface area contributed by atoms with E-state index < -0.39 is 18.1 Å². The number of esters is 1. The molecule has 0 saturated carbocycles. The number of hydrogen-bond donors (Lipinski definition) is 3. The summed E-state index contributed by atoms with van der Waals surface area (Å²) >= 11 is 0. The van der Waals surface area contributed by atoms with Gasteiger partial charge in [-0.2, -0.15) is 0 Å². The van der Waals surface area contributed by atoms with Crippen LogP contribution in [0.2, 0.25) is 0 Å². The Morgan fingerprint density at radius 3 is 2.85 bits per heavy atom. The van der Waals surface area contributed by atoms with Crippen LogP contribution in [0.5, 0.6) is 0 Å². The van der Waals surface area contributed by atoms with Crippen LogP contribution in [0.25, 0.3) is 22.3 Å². The predicted octanol–water partition coefficient (Wildman–Crippen LogP) is 1.31. The van der Waals surface area contributed by atoms with Crippen LogP contribution in [0.15, 0.2) is 16.9 Å². The molecule has 0 spiro atoms. The molecule has 3 atom stereocenters. The van der Waals surface area contributed by atoms with Crippen molar-refractivity contribution in [3.63, 3.8) is 0 Å². The third-order valence-corrected chi connectivity index (χ3v) is 7.42. The number of carbonyl (C=O) groups is 1. The average Bonchev–Trinajstić information content (AvgIpc) is 3.18. The molecule has 0 radical (unpaired) electrons. The Morgan fingerprint density at radius 2 is 2.09 bits per heavy atom. The number of aliphatic hydroxyl groups excluding tert-OH is 2. The van der Waals surface area contributed by atoms with E-state index in [1.807, 2.05) is 0 Å². The van der Waals surface area contributed by atoms with Gasteiger partial charge in [0.1, 0.15) is 12.4 Å². The molecule has 1 aliphatic carbocycles. The molecule has 3 aromatic rings. The minimum Gasteiger partial charge on any atom is -0.458 e. The smallest absolute Gasteiger partial charge is 0.340 e. The lowest BCUT2D eigenvalue weighted by atomic mass is 9.75. The molecule has 0 bridgehead atoms. The van der Waals surface area contributed by atoms with Crippen LogP contribution in [0.4, 0.5) is 4.39 Å². The lowest BCUT2D eigenvalue weighted by Gasteiger charge is -2.32. The van der Waals surface area contributed by atoms with Gasteiger partial charge in [-0.15, -0.1) is 0 Å². The predicted molar refractivity (Wildman–Crippen MR) is 116 cm³/mol. The van der Waals surface area contributed by atoms with Crippen LogP contribution in [0.1, 0.15) is 51.8 Å². The fourth-order valence-corrected chi connectivity index (χ4v) is 5.69. The SMILES string of the molecule is Cc1c(F)cc2nc3c(c4c2c1CCC4C(N)CO)Cn1c-3cc2c(c1=O)COC(=O)C2O. The van der Waals surface area contributed by atoms with Crippen molar-refractivity contribution >= 4 is 16.9 Å². The second-order valence-electron chi connectivity index (χ2n) is 9.07. The maximum atomic E-state index is 14.8. The fraction of sp³-hybridized carbons (Fsp3) is 0.375. The molecular formula is C24H22FN3O5. The Bertz CT molecular complexity index is 1450. The average molecular weight is 451 g/mol. The number of ether oxygens (including phenoxy) is 1. The van der Waals surface area contributed by atoms with Crippen LogP contribution in [-0.4, -0.2) is 38.4 Å². The van der Waals surface area contributed by atoms with Gasteiger partial charge >= 0.3 is 5.97 Å². The molecule has 8 nitrogen and oxygen atoms in total. The second kappa shape index (κ2) is 6.93. The quantitative estimate of drug-likeness (QED) is 0.392.